The molecule has 0 saturated carbocycles. The molecule has 2 rings (SSSR count). The van der Waals surface area contributed by atoms with Crippen LogP contribution in [0.2, 0.25) is 0 Å². The van der Waals surface area contributed by atoms with E-state index in [1.165, 1.54) is 11.3 Å². The lowest BCUT2D eigenvalue weighted by atomic mass is 10.0. The number of hydrogen-bond donors (Lipinski definition) is 1. The molecule has 1 aromatic rings. The molecule has 1 fully saturated rings. The average Bonchev–Trinajstić information content (AvgIpc) is 2.34. The molecule has 100 valence electrons. The Hall–Kier alpha value is -1.06. The third-order valence-electron chi connectivity index (χ3n) is 3.95. The third-order valence-corrected chi connectivity index (χ3v) is 3.95. The highest BCUT2D eigenvalue weighted by Gasteiger charge is 2.29. The highest BCUT2D eigenvalue weighted by atomic mass is 16.3. The zero-order valence-electron chi connectivity index (χ0n) is 11.6. The van der Waals surface area contributed by atoms with E-state index in [9.17, 15) is 5.11 Å². The summed E-state index contributed by atoms with van der Waals surface area (Å²) in [4.78, 5) is 4.83. The predicted molar refractivity (Wildman–Crippen MR) is 76.1 cm³/mol. The van der Waals surface area contributed by atoms with E-state index in [0.717, 1.165) is 19.5 Å². The third kappa shape index (κ3) is 2.85. The number of nitrogens with zero attached hydrogens (tertiary/aromatic N) is 2. The summed E-state index contributed by atoms with van der Waals surface area (Å²) in [5.74, 6) is 0. The van der Waals surface area contributed by atoms with Crippen LogP contribution in [-0.2, 0) is 0 Å². The van der Waals surface area contributed by atoms with Crippen LogP contribution in [0.1, 0.15) is 18.9 Å². The first-order valence-corrected chi connectivity index (χ1v) is 6.76. The second-order valence-electron chi connectivity index (χ2n) is 5.45. The summed E-state index contributed by atoms with van der Waals surface area (Å²) in [6.45, 7) is 6.71. The first-order valence-electron chi connectivity index (χ1n) is 6.76. The van der Waals surface area contributed by atoms with Crippen LogP contribution in [0, 0.1) is 6.92 Å². The maximum absolute atomic E-state index is 9.24. The van der Waals surface area contributed by atoms with Crippen molar-refractivity contribution in [1.29, 1.82) is 0 Å². The fourth-order valence-electron chi connectivity index (χ4n) is 2.70. The van der Waals surface area contributed by atoms with E-state index in [1.807, 2.05) is 0 Å². The summed E-state index contributed by atoms with van der Waals surface area (Å²) in [7, 11) is 2.17. The predicted octanol–water partition coefficient (Wildman–Crippen LogP) is 1.89. The van der Waals surface area contributed by atoms with E-state index in [0.29, 0.717) is 12.1 Å². The van der Waals surface area contributed by atoms with Crippen molar-refractivity contribution in [1.82, 2.24) is 4.90 Å². The number of aliphatic hydroxyl groups excluding tert-OH is 1. The smallest absolute Gasteiger partial charge is 0.0451 e. The Morgan fingerprint density at radius 1 is 1.33 bits per heavy atom. The molecule has 1 saturated heterocycles. The number of rotatable bonds is 3. The SMILES string of the molecule is Cc1cccc(N2CC(C)N(C)CC2CCO)c1. The fourth-order valence-corrected chi connectivity index (χ4v) is 2.70. The van der Waals surface area contributed by atoms with Crippen LogP contribution in [0.15, 0.2) is 24.3 Å². The average molecular weight is 248 g/mol. The summed E-state index contributed by atoms with van der Waals surface area (Å²) in [5.41, 5.74) is 2.58. The quantitative estimate of drug-likeness (QED) is 0.885. The Bertz CT molecular complexity index is 394. The molecular formula is C15H24N2O. The molecular weight excluding hydrogens is 224 g/mol. The van der Waals surface area contributed by atoms with Crippen molar-refractivity contribution in [3.8, 4) is 0 Å². The van der Waals surface area contributed by atoms with Gasteiger partial charge in [-0.3, -0.25) is 4.90 Å². The molecule has 1 aliphatic rings. The molecule has 0 amide bonds. The summed E-state index contributed by atoms with van der Waals surface area (Å²) in [6, 6.07) is 9.63. The number of aliphatic hydroxyl groups is 1. The summed E-state index contributed by atoms with van der Waals surface area (Å²) in [5, 5.41) is 9.24. The maximum atomic E-state index is 9.24. The maximum Gasteiger partial charge on any atom is 0.0451 e. The highest BCUT2D eigenvalue weighted by molar-refractivity contribution is 5.50. The number of piperazine rings is 1. The van der Waals surface area contributed by atoms with Gasteiger partial charge in [-0.05, 0) is 45.0 Å². The minimum absolute atomic E-state index is 0.259. The Balaban J connectivity index is 2.22. The molecule has 0 radical (unpaired) electrons. The monoisotopic (exact) mass is 248 g/mol. The summed E-state index contributed by atoms with van der Waals surface area (Å²) >= 11 is 0. The molecule has 1 aromatic carbocycles. The standard InChI is InChI=1S/C15H24N2O/c1-12-5-4-6-14(9-12)17-10-13(2)16(3)11-15(17)7-8-18/h4-6,9,13,15,18H,7-8,10-11H2,1-3H3. The molecule has 1 N–H and O–H groups in total. The molecule has 1 heterocycles. The highest BCUT2D eigenvalue weighted by Crippen LogP contribution is 2.24. The van der Waals surface area contributed by atoms with Gasteiger partial charge in [0.2, 0.25) is 0 Å². The number of likely N-dealkylation sites (N-methyl/N-ethyl adjacent to an activating group) is 1. The first-order chi connectivity index (χ1) is 8.61. The second kappa shape index (κ2) is 5.72. The van der Waals surface area contributed by atoms with Crippen molar-refractivity contribution in [2.75, 3.05) is 31.6 Å². The van der Waals surface area contributed by atoms with Gasteiger partial charge in [0, 0.05) is 37.5 Å². The normalized spacial score (nSPS) is 25.4. The largest absolute Gasteiger partial charge is 0.396 e. The summed E-state index contributed by atoms with van der Waals surface area (Å²) < 4.78 is 0. The zero-order valence-corrected chi connectivity index (χ0v) is 11.6. The zero-order chi connectivity index (χ0) is 13.1. The van der Waals surface area contributed by atoms with Gasteiger partial charge in [0.15, 0.2) is 0 Å². The molecule has 0 spiro atoms. The molecule has 0 bridgehead atoms. The minimum atomic E-state index is 0.259. The molecule has 18 heavy (non-hydrogen) atoms. The molecule has 0 aliphatic carbocycles. The van der Waals surface area contributed by atoms with Crippen LogP contribution in [0.3, 0.4) is 0 Å². The summed E-state index contributed by atoms with van der Waals surface area (Å²) in [6.07, 6.45) is 0.838. The van der Waals surface area contributed by atoms with E-state index in [4.69, 9.17) is 0 Å². The van der Waals surface area contributed by atoms with E-state index in [1.54, 1.807) is 0 Å². The number of hydrogen-bond acceptors (Lipinski definition) is 3. The lowest BCUT2D eigenvalue weighted by Gasteiger charge is -2.45. The first kappa shape index (κ1) is 13.4. The number of aryl methyl sites for hydroxylation is 1. The van der Waals surface area contributed by atoms with Crippen molar-refractivity contribution in [3.05, 3.63) is 29.8 Å². The number of anilines is 1. The van der Waals surface area contributed by atoms with Gasteiger partial charge in [-0.2, -0.15) is 0 Å². The van der Waals surface area contributed by atoms with Crippen LogP contribution in [0.4, 0.5) is 5.69 Å². The van der Waals surface area contributed by atoms with Gasteiger partial charge in [0.1, 0.15) is 0 Å². The van der Waals surface area contributed by atoms with Crippen LogP contribution < -0.4 is 4.90 Å². The molecule has 3 nitrogen and oxygen atoms in total. The topological polar surface area (TPSA) is 26.7 Å². The van der Waals surface area contributed by atoms with Crippen molar-refractivity contribution in [3.63, 3.8) is 0 Å². The lowest BCUT2D eigenvalue weighted by Crippen LogP contribution is -2.56. The fraction of sp³-hybridized carbons (Fsp3) is 0.600. The Kier molecular flexibility index (Phi) is 4.25. The van der Waals surface area contributed by atoms with Crippen molar-refractivity contribution < 1.29 is 5.11 Å². The van der Waals surface area contributed by atoms with Gasteiger partial charge in [-0.1, -0.05) is 12.1 Å². The van der Waals surface area contributed by atoms with Crippen LogP contribution >= 0.6 is 0 Å². The molecule has 2 atom stereocenters. The van der Waals surface area contributed by atoms with Crippen molar-refractivity contribution >= 4 is 5.69 Å². The van der Waals surface area contributed by atoms with Crippen LogP contribution in [-0.4, -0.2) is 48.8 Å². The van der Waals surface area contributed by atoms with E-state index in [2.05, 4.69) is 55.0 Å². The van der Waals surface area contributed by atoms with E-state index in [-0.39, 0.29) is 6.61 Å². The Labute approximate surface area is 110 Å². The molecule has 0 aromatic heterocycles. The van der Waals surface area contributed by atoms with Gasteiger partial charge in [0.25, 0.3) is 0 Å². The number of benzene rings is 1. The van der Waals surface area contributed by atoms with Gasteiger partial charge < -0.3 is 10.0 Å². The van der Waals surface area contributed by atoms with E-state index >= 15 is 0 Å². The van der Waals surface area contributed by atoms with Gasteiger partial charge in [-0.25, -0.2) is 0 Å². The van der Waals surface area contributed by atoms with Gasteiger partial charge in [-0.15, -0.1) is 0 Å². The Morgan fingerprint density at radius 3 is 2.78 bits per heavy atom. The van der Waals surface area contributed by atoms with Crippen molar-refractivity contribution in [2.45, 2.75) is 32.4 Å². The van der Waals surface area contributed by atoms with Gasteiger partial charge in [0.05, 0.1) is 0 Å². The van der Waals surface area contributed by atoms with Crippen LogP contribution in [0.25, 0.3) is 0 Å². The van der Waals surface area contributed by atoms with Gasteiger partial charge >= 0.3 is 0 Å². The van der Waals surface area contributed by atoms with Crippen LogP contribution in [0.5, 0.6) is 0 Å². The lowest BCUT2D eigenvalue weighted by molar-refractivity contribution is 0.177. The Morgan fingerprint density at radius 2 is 2.11 bits per heavy atom. The second-order valence-corrected chi connectivity index (χ2v) is 5.45. The van der Waals surface area contributed by atoms with E-state index < -0.39 is 0 Å². The molecule has 1 aliphatic heterocycles. The molecule has 2 unspecified atom stereocenters. The van der Waals surface area contributed by atoms with Crippen molar-refractivity contribution in [2.24, 2.45) is 0 Å². The molecule has 3 heteroatoms. The minimum Gasteiger partial charge on any atom is -0.396 e.